The highest BCUT2D eigenvalue weighted by atomic mass is 32.2. The number of benzene rings is 1. The SMILES string of the molecule is CCCCOC(=O)[C@@H]1CS[C@H](c2ccccc2)N1C(=O)CC. The molecule has 5 heteroatoms. The first-order valence-electron chi connectivity index (χ1n) is 7.83. The van der Waals surface area contributed by atoms with Gasteiger partial charge in [-0.1, -0.05) is 50.6 Å². The third-order valence-electron chi connectivity index (χ3n) is 3.69. The number of rotatable bonds is 6. The molecule has 0 radical (unpaired) electrons. The Morgan fingerprint density at radius 2 is 2.00 bits per heavy atom. The number of unbranched alkanes of at least 4 members (excludes halogenated alkanes) is 1. The standard InChI is InChI=1S/C17H23NO3S/c1-3-5-11-21-17(20)14-12-22-16(18(14)15(19)4-2)13-9-7-6-8-10-13/h6-10,14,16H,3-5,11-12H2,1-2H3/t14-,16+/m0/s1. The molecule has 0 saturated carbocycles. The van der Waals surface area contributed by atoms with Crippen molar-refractivity contribution >= 4 is 23.6 Å². The summed E-state index contributed by atoms with van der Waals surface area (Å²) < 4.78 is 5.33. The topological polar surface area (TPSA) is 46.6 Å². The van der Waals surface area contributed by atoms with Crippen molar-refractivity contribution in [2.45, 2.75) is 44.5 Å². The third kappa shape index (κ3) is 3.83. The van der Waals surface area contributed by atoms with E-state index in [0.717, 1.165) is 18.4 Å². The van der Waals surface area contributed by atoms with Crippen LogP contribution in [0.25, 0.3) is 0 Å². The quantitative estimate of drug-likeness (QED) is 0.595. The average Bonchev–Trinajstić information content (AvgIpc) is 3.00. The molecule has 1 aromatic carbocycles. The van der Waals surface area contributed by atoms with Crippen LogP contribution in [-0.2, 0) is 14.3 Å². The van der Waals surface area contributed by atoms with E-state index in [1.165, 1.54) is 0 Å². The van der Waals surface area contributed by atoms with Crippen LogP contribution in [0.3, 0.4) is 0 Å². The molecule has 1 saturated heterocycles. The molecule has 1 aromatic rings. The molecule has 0 aliphatic carbocycles. The number of carbonyl (C=O) groups excluding carboxylic acids is 2. The Balaban J connectivity index is 2.14. The summed E-state index contributed by atoms with van der Waals surface area (Å²) in [7, 11) is 0. The maximum atomic E-state index is 12.3. The average molecular weight is 321 g/mol. The lowest BCUT2D eigenvalue weighted by molar-refractivity contribution is -0.154. The summed E-state index contributed by atoms with van der Waals surface area (Å²) in [5.74, 6) is 0.313. The zero-order valence-electron chi connectivity index (χ0n) is 13.2. The second-order valence-electron chi connectivity index (χ2n) is 5.29. The van der Waals surface area contributed by atoms with Gasteiger partial charge in [0, 0.05) is 12.2 Å². The Morgan fingerprint density at radius 3 is 2.64 bits per heavy atom. The van der Waals surface area contributed by atoms with Crippen molar-refractivity contribution in [2.24, 2.45) is 0 Å². The molecule has 0 N–H and O–H groups in total. The minimum atomic E-state index is -0.473. The summed E-state index contributed by atoms with van der Waals surface area (Å²) in [6.07, 6.45) is 2.23. The molecule has 2 atom stereocenters. The first-order chi connectivity index (χ1) is 10.7. The molecule has 0 bridgehead atoms. The fraction of sp³-hybridized carbons (Fsp3) is 0.529. The number of ether oxygens (including phenoxy) is 1. The van der Waals surface area contributed by atoms with Crippen molar-refractivity contribution in [3.8, 4) is 0 Å². The van der Waals surface area contributed by atoms with Crippen LogP contribution >= 0.6 is 11.8 Å². The highest BCUT2D eigenvalue weighted by molar-refractivity contribution is 7.99. The molecule has 1 aliphatic rings. The predicted molar refractivity (Wildman–Crippen MR) is 88.4 cm³/mol. The maximum absolute atomic E-state index is 12.3. The van der Waals surface area contributed by atoms with Crippen LogP contribution in [-0.4, -0.2) is 35.2 Å². The molecule has 4 nitrogen and oxygen atoms in total. The molecular weight excluding hydrogens is 298 g/mol. The lowest BCUT2D eigenvalue weighted by Crippen LogP contribution is -2.43. The summed E-state index contributed by atoms with van der Waals surface area (Å²) in [6, 6.07) is 9.39. The van der Waals surface area contributed by atoms with E-state index < -0.39 is 6.04 Å². The van der Waals surface area contributed by atoms with Crippen molar-refractivity contribution in [3.05, 3.63) is 35.9 Å². The molecule has 22 heavy (non-hydrogen) atoms. The highest BCUT2D eigenvalue weighted by Crippen LogP contribution is 2.41. The van der Waals surface area contributed by atoms with Crippen LogP contribution < -0.4 is 0 Å². The van der Waals surface area contributed by atoms with Crippen molar-refractivity contribution < 1.29 is 14.3 Å². The van der Waals surface area contributed by atoms with Gasteiger partial charge in [0.1, 0.15) is 11.4 Å². The molecule has 0 aromatic heterocycles. The van der Waals surface area contributed by atoms with E-state index in [1.54, 1.807) is 16.7 Å². The van der Waals surface area contributed by atoms with Gasteiger partial charge in [0.25, 0.3) is 0 Å². The molecule has 0 unspecified atom stereocenters. The first kappa shape index (κ1) is 16.9. The normalized spacial score (nSPS) is 20.9. The van der Waals surface area contributed by atoms with Gasteiger partial charge in [-0.15, -0.1) is 11.8 Å². The van der Waals surface area contributed by atoms with Crippen LogP contribution in [0.4, 0.5) is 0 Å². The zero-order valence-corrected chi connectivity index (χ0v) is 14.0. The van der Waals surface area contributed by atoms with Gasteiger partial charge >= 0.3 is 5.97 Å². The number of amides is 1. The molecule has 120 valence electrons. The Hall–Kier alpha value is -1.49. The largest absolute Gasteiger partial charge is 0.464 e. The monoisotopic (exact) mass is 321 g/mol. The van der Waals surface area contributed by atoms with Crippen molar-refractivity contribution in [3.63, 3.8) is 0 Å². The smallest absolute Gasteiger partial charge is 0.329 e. The first-order valence-corrected chi connectivity index (χ1v) is 8.88. The summed E-state index contributed by atoms with van der Waals surface area (Å²) in [5, 5.41) is -0.0997. The third-order valence-corrected chi connectivity index (χ3v) is 5.01. The number of nitrogens with zero attached hydrogens (tertiary/aromatic N) is 1. The number of thioether (sulfide) groups is 1. The Labute approximate surface area is 136 Å². The lowest BCUT2D eigenvalue weighted by atomic mass is 10.1. The number of hydrogen-bond acceptors (Lipinski definition) is 4. The van der Waals surface area contributed by atoms with E-state index in [-0.39, 0.29) is 17.3 Å². The van der Waals surface area contributed by atoms with E-state index in [9.17, 15) is 9.59 Å². The van der Waals surface area contributed by atoms with Gasteiger partial charge in [0.2, 0.25) is 5.91 Å². The van der Waals surface area contributed by atoms with E-state index >= 15 is 0 Å². The van der Waals surface area contributed by atoms with Crippen molar-refractivity contribution in [1.82, 2.24) is 4.90 Å². The number of esters is 1. The van der Waals surface area contributed by atoms with Gasteiger partial charge in [0.05, 0.1) is 6.61 Å². The van der Waals surface area contributed by atoms with E-state index in [4.69, 9.17) is 4.74 Å². The predicted octanol–water partition coefficient (Wildman–Crippen LogP) is 3.38. The molecule has 1 fully saturated rings. The van der Waals surface area contributed by atoms with Gasteiger partial charge in [0.15, 0.2) is 0 Å². The summed E-state index contributed by atoms with van der Waals surface area (Å²) >= 11 is 1.63. The Kier molecular flexibility index (Phi) is 6.31. The van der Waals surface area contributed by atoms with Crippen LogP contribution in [0.2, 0.25) is 0 Å². The zero-order chi connectivity index (χ0) is 15.9. The minimum Gasteiger partial charge on any atom is -0.464 e. The summed E-state index contributed by atoms with van der Waals surface area (Å²) in [5.41, 5.74) is 1.05. The van der Waals surface area contributed by atoms with Crippen LogP contribution in [0.5, 0.6) is 0 Å². The van der Waals surface area contributed by atoms with Crippen LogP contribution in [0.15, 0.2) is 30.3 Å². The van der Waals surface area contributed by atoms with E-state index in [1.807, 2.05) is 37.3 Å². The highest BCUT2D eigenvalue weighted by Gasteiger charge is 2.42. The molecule has 1 amide bonds. The second kappa shape index (κ2) is 8.22. The van der Waals surface area contributed by atoms with Gasteiger partial charge in [-0.05, 0) is 12.0 Å². The van der Waals surface area contributed by atoms with Crippen molar-refractivity contribution in [1.29, 1.82) is 0 Å². The van der Waals surface area contributed by atoms with Crippen LogP contribution in [0.1, 0.15) is 44.0 Å². The van der Waals surface area contributed by atoms with Gasteiger partial charge < -0.3 is 9.64 Å². The molecular formula is C17H23NO3S. The maximum Gasteiger partial charge on any atom is 0.329 e. The van der Waals surface area contributed by atoms with Crippen LogP contribution in [0, 0.1) is 0 Å². The second-order valence-corrected chi connectivity index (χ2v) is 6.40. The Morgan fingerprint density at radius 1 is 1.27 bits per heavy atom. The van der Waals surface area contributed by atoms with Gasteiger partial charge in [-0.2, -0.15) is 0 Å². The Bertz CT molecular complexity index is 506. The summed E-state index contributed by atoms with van der Waals surface area (Å²) in [6.45, 7) is 4.31. The number of hydrogen-bond donors (Lipinski definition) is 0. The van der Waals surface area contributed by atoms with E-state index in [0.29, 0.717) is 18.8 Å². The fourth-order valence-electron chi connectivity index (χ4n) is 2.46. The molecule has 1 heterocycles. The van der Waals surface area contributed by atoms with E-state index in [2.05, 4.69) is 6.92 Å². The van der Waals surface area contributed by atoms with Crippen molar-refractivity contribution in [2.75, 3.05) is 12.4 Å². The number of carbonyl (C=O) groups is 2. The minimum absolute atomic E-state index is 0.00343. The fourth-order valence-corrected chi connectivity index (χ4v) is 3.90. The molecule has 2 rings (SSSR count). The molecule has 0 spiro atoms. The van der Waals surface area contributed by atoms with Gasteiger partial charge in [-0.3, -0.25) is 4.79 Å². The lowest BCUT2D eigenvalue weighted by Gasteiger charge is -2.28. The molecule has 1 aliphatic heterocycles. The van der Waals surface area contributed by atoms with Gasteiger partial charge in [-0.25, -0.2) is 4.79 Å². The summed E-state index contributed by atoms with van der Waals surface area (Å²) in [4.78, 5) is 26.3.